The van der Waals surface area contributed by atoms with E-state index in [2.05, 4.69) is 26.0 Å². The number of hydrogen-bond acceptors (Lipinski definition) is 11. The van der Waals surface area contributed by atoms with Gasteiger partial charge in [-0.15, -0.1) is 0 Å². The van der Waals surface area contributed by atoms with Crippen molar-refractivity contribution in [2.24, 2.45) is 0 Å². The van der Waals surface area contributed by atoms with Crippen LogP contribution in [0.3, 0.4) is 0 Å². The van der Waals surface area contributed by atoms with E-state index in [0.717, 1.165) is 57.8 Å². The number of unbranched alkanes of at least 4 members (excludes halogenated alkanes) is 33. The molecule has 1 rings (SSSR count). The molecule has 2 unspecified atom stereocenters. The molecule has 0 aliphatic carbocycles. The van der Waals surface area contributed by atoms with Crippen molar-refractivity contribution in [2.75, 3.05) is 19.0 Å². The lowest BCUT2D eigenvalue weighted by molar-refractivity contribution is -0.297. The highest BCUT2D eigenvalue weighted by molar-refractivity contribution is 7.85. The number of esters is 2. The SMILES string of the molecule is CCCCCCCC/C=C/CCCCCCCC(=O)OC[C@H](CO[C@H]1O[C@H](CS(=O)(=O)O)[C@@H](O)C(O)C1O)OC(=O)CCCCCCCCCCCCCCCCCCCCCCCCC. The number of rotatable bonds is 47. The maximum atomic E-state index is 12.9. The van der Waals surface area contributed by atoms with Crippen LogP contribution in [0, 0.1) is 0 Å². The van der Waals surface area contributed by atoms with Gasteiger partial charge in [0.25, 0.3) is 10.1 Å². The topological polar surface area (TPSA) is 186 Å². The van der Waals surface area contributed by atoms with E-state index in [-0.39, 0.29) is 19.4 Å². The van der Waals surface area contributed by atoms with Gasteiger partial charge in [0.1, 0.15) is 36.8 Å². The fourth-order valence-electron chi connectivity index (χ4n) is 8.62. The second-order valence-corrected chi connectivity index (χ2v) is 20.8. The zero-order chi connectivity index (χ0) is 48.4. The summed E-state index contributed by atoms with van der Waals surface area (Å²) in [5, 5.41) is 31.0. The Hall–Kier alpha value is -1.61. The first-order valence-corrected chi connectivity index (χ1v) is 28.9. The Labute approximate surface area is 403 Å². The molecule has 1 heterocycles. The van der Waals surface area contributed by atoms with Gasteiger partial charge in [-0.05, 0) is 38.5 Å². The summed E-state index contributed by atoms with van der Waals surface area (Å²) in [7, 11) is -4.60. The van der Waals surface area contributed by atoms with Crippen LogP contribution < -0.4 is 0 Å². The minimum atomic E-state index is -4.60. The molecule has 13 heteroatoms. The van der Waals surface area contributed by atoms with Crippen molar-refractivity contribution in [3.8, 4) is 0 Å². The highest BCUT2D eigenvalue weighted by Gasteiger charge is 2.46. The maximum absolute atomic E-state index is 12.9. The molecular formula is C53H100O12S. The van der Waals surface area contributed by atoms with Crippen molar-refractivity contribution >= 4 is 22.1 Å². The van der Waals surface area contributed by atoms with Gasteiger partial charge >= 0.3 is 11.9 Å². The van der Waals surface area contributed by atoms with E-state index in [4.69, 9.17) is 18.9 Å². The van der Waals surface area contributed by atoms with Crippen LogP contribution in [0.5, 0.6) is 0 Å². The van der Waals surface area contributed by atoms with Crippen molar-refractivity contribution < 1.29 is 56.8 Å². The molecule has 0 aromatic carbocycles. The van der Waals surface area contributed by atoms with E-state index < -0.39 is 71.2 Å². The van der Waals surface area contributed by atoms with Crippen molar-refractivity contribution in [3.05, 3.63) is 12.2 Å². The Kier molecular flexibility index (Phi) is 41.0. The molecule has 4 N–H and O–H groups in total. The van der Waals surface area contributed by atoms with Crippen LogP contribution >= 0.6 is 0 Å². The summed E-state index contributed by atoms with van der Waals surface area (Å²) >= 11 is 0. The molecule has 0 spiro atoms. The highest BCUT2D eigenvalue weighted by Crippen LogP contribution is 2.24. The number of allylic oxidation sites excluding steroid dienone is 2. The summed E-state index contributed by atoms with van der Waals surface area (Å²) in [5.74, 6) is -1.97. The number of carbonyl (C=O) groups excluding carboxylic acids is 2. The van der Waals surface area contributed by atoms with Crippen LogP contribution in [-0.4, -0.2) is 96.0 Å². The van der Waals surface area contributed by atoms with Crippen LogP contribution in [0.1, 0.15) is 258 Å². The van der Waals surface area contributed by atoms with Gasteiger partial charge in [0, 0.05) is 12.8 Å². The van der Waals surface area contributed by atoms with Crippen molar-refractivity contribution in [2.45, 2.75) is 295 Å². The van der Waals surface area contributed by atoms with E-state index in [0.29, 0.717) is 12.8 Å². The average Bonchev–Trinajstić information content (AvgIpc) is 3.28. The third kappa shape index (κ3) is 37.3. The Morgan fingerprint density at radius 1 is 0.500 bits per heavy atom. The molecule has 1 saturated heterocycles. The lowest BCUT2D eigenvalue weighted by atomic mass is 10.00. The lowest BCUT2D eigenvalue weighted by Crippen LogP contribution is -2.60. The summed E-state index contributed by atoms with van der Waals surface area (Å²) in [6, 6.07) is 0. The predicted octanol–water partition coefficient (Wildman–Crippen LogP) is 12.6. The van der Waals surface area contributed by atoms with Gasteiger partial charge in [-0.1, -0.05) is 219 Å². The first kappa shape index (κ1) is 62.4. The van der Waals surface area contributed by atoms with Crippen LogP contribution in [0.25, 0.3) is 0 Å². The molecule has 1 fully saturated rings. The third-order valence-electron chi connectivity index (χ3n) is 12.8. The third-order valence-corrected chi connectivity index (χ3v) is 13.6. The first-order chi connectivity index (χ1) is 32.0. The normalized spacial score (nSPS) is 19.4. The fraction of sp³-hybridized carbons (Fsp3) is 0.925. The highest BCUT2D eigenvalue weighted by atomic mass is 32.2. The van der Waals surface area contributed by atoms with E-state index in [1.54, 1.807) is 0 Å². The Bertz CT molecular complexity index is 1260. The Morgan fingerprint density at radius 2 is 0.864 bits per heavy atom. The average molecular weight is 961 g/mol. The number of hydrogen-bond donors (Lipinski definition) is 4. The quantitative estimate of drug-likeness (QED) is 0.0196. The predicted molar refractivity (Wildman–Crippen MR) is 266 cm³/mol. The molecule has 6 atom stereocenters. The number of aliphatic hydroxyl groups is 3. The zero-order valence-corrected chi connectivity index (χ0v) is 42.9. The fourth-order valence-corrected chi connectivity index (χ4v) is 9.31. The molecule has 66 heavy (non-hydrogen) atoms. The summed E-state index contributed by atoms with van der Waals surface area (Å²) in [6.45, 7) is 3.80. The monoisotopic (exact) mass is 961 g/mol. The molecule has 0 amide bonds. The van der Waals surface area contributed by atoms with E-state index in [9.17, 15) is 37.9 Å². The van der Waals surface area contributed by atoms with Crippen molar-refractivity contribution in [1.82, 2.24) is 0 Å². The number of ether oxygens (including phenoxy) is 4. The van der Waals surface area contributed by atoms with Crippen LogP contribution in [-0.2, 0) is 38.7 Å². The smallest absolute Gasteiger partial charge is 0.306 e. The second-order valence-electron chi connectivity index (χ2n) is 19.3. The molecule has 12 nitrogen and oxygen atoms in total. The molecule has 0 aromatic rings. The van der Waals surface area contributed by atoms with Gasteiger partial charge < -0.3 is 34.3 Å². The zero-order valence-electron chi connectivity index (χ0n) is 42.1. The molecular weight excluding hydrogens is 861 g/mol. The second kappa shape index (κ2) is 43.4. The van der Waals surface area contributed by atoms with Gasteiger partial charge in [-0.25, -0.2) is 0 Å². The Morgan fingerprint density at radius 3 is 1.26 bits per heavy atom. The van der Waals surface area contributed by atoms with Gasteiger partial charge in [0.05, 0.1) is 6.61 Å². The van der Waals surface area contributed by atoms with Gasteiger partial charge in [0.15, 0.2) is 12.4 Å². The lowest BCUT2D eigenvalue weighted by Gasteiger charge is -2.40. The molecule has 1 aliphatic heterocycles. The van der Waals surface area contributed by atoms with Crippen molar-refractivity contribution in [1.29, 1.82) is 0 Å². The molecule has 1 aliphatic rings. The van der Waals surface area contributed by atoms with Gasteiger partial charge in [-0.3, -0.25) is 14.1 Å². The molecule has 390 valence electrons. The van der Waals surface area contributed by atoms with E-state index in [1.807, 2.05) is 0 Å². The molecule has 0 radical (unpaired) electrons. The van der Waals surface area contributed by atoms with Gasteiger partial charge in [-0.2, -0.15) is 8.42 Å². The largest absolute Gasteiger partial charge is 0.462 e. The standard InChI is InChI=1S/C53H100O12S/c1-3-5-7-9-11-13-15-17-19-20-21-22-23-24-25-26-28-30-32-34-36-38-40-42-49(55)64-46(44-63-53-52(58)51(57)50(56)47(65-53)45-66(59,60)61)43-62-48(54)41-39-37-35-33-31-29-27-18-16-14-12-10-8-6-4-2/h18,27,46-47,50-53,56-58H,3-17,19-26,28-45H2,1-2H3,(H,59,60,61)/b27-18+/t46-,47-,50-,51?,52?,53+/m1/s1. The first-order valence-electron chi connectivity index (χ1n) is 27.2. The Balaban J connectivity index is 2.31. The molecule has 0 bridgehead atoms. The minimum Gasteiger partial charge on any atom is -0.462 e. The minimum absolute atomic E-state index is 0.169. The van der Waals surface area contributed by atoms with Crippen LogP contribution in [0.15, 0.2) is 12.2 Å². The molecule has 0 saturated carbocycles. The van der Waals surface area contributed by atoms with E-state index in [1.165, 1.54) is 161 Å². The van der Waals surface area contributed by atoms with Crippen LogP contribution in [0.2, 0.25) is 0 Å². The van der Waals surface area contributed by atoms with Gasteiger partial charge in [0.2, 0.25) is 0 Å². The summed E-state index contributed by atoms with van der Waals surface area (Å²) < 4.78 is 54.3. The summed E-state index contributed by atoms with van der Waals surface area (Å²) in [4.78, 5) is 25.5. The maximum Gasteiger partial charge on any atom is 0.306 e. The number of carbonyl (C=O) groups is 2. The van der Waals surface area contributed by atoms with Crippen LogP contribution in [0.4, 0.5) is 0 Å². The molecule has 0 aromatic heterocycles. The van der Waals surface area contributed by atoms with Crippen molar-refractivity contribution in [3.63, 3.8) is 0 Å². The van der Waals surface area contributed by atoms with E-state index >= 15 is 0 Å². The summed E-state index contributed by atoms with van der Waals surface area (Å²) in [6.07, 6.45) is 39.7. The number of aliphatic hydroxyl groups excluding tert-OH is 3. The summed E-state index contributed by atoms with van der Waals surface area (Å²) in [5.41, 5.74) is 0.